The highest BCUT2D eigenvalue weighted by atomic mass is 32.2. The molecule has 5 rings (SSSR count). The zero-order valence-electron chi connectivity index (χ0n) is 24.5. The number of benzene rings is 3. The number of aryl methyl sites for hydroxylation is 1. The van der Waals surface area contributed by atoms with Gasteiger partial charge in [0.15, 0.2) is 11.5 Å². The predicted molar refractivity (Wildman–Crippen MR) is 160 cm³/mol. The van der Waals surface area contributed by atoms with Gasteiger partial charge >= 0.3 is 0 Å². The Balaban J connectivity index is 1.24. The molecule has 0 saturated carbocycles. The van der Waals surface area contributed by atoms with Gasteiger partial charge in [0.2, 0.25) is 28.6 Å². The fraction of sp³-hybridized carbons (Fsp3) is 0.375. The van der Waals surface area contributed by atoms with Crippen LogP contribution >= 0.6 is 0 Å². The molecule has 0 aromatic heterocycles. The lowest BCUT2D eigenvalue weighted by Gasteiger charge is -2.29. The van der Waals surface area contributed by atoms with Crippen molar-refractivity contribution < 1.29 is 32.2 Å². The second-order valence-corrected chi connectivity index (χ2v) is 12.6. The molecule has 2 amide bonds. The highest BCUT2D eigenvalue weighted by Crippen LogP contribution is 2.32. The Kier molecular flexibility index (Phi) is 9.52. The molecule has 2 aliphatic heterocycles. The Morgan fingerprint density at radius 3 is 2.28 bits per heavy atom. The number of sulfonamides is 1. The molecular formula is C32H37N3O7S. The van der Waals surface area contributed by atoms with Crippen LogP contribution in [0.3, 0.4) is 0 Å². The van der Waals surface area contributed by atoms with E-state index in [4.69, 9.17) is 14.2 Å². The number of methoxy groups -OCH3 is 1. The lowest BCUT2D eigenvalue weighted by atomic mass is 10.1. The van der Waals surface area contributed by atoms with E-state index in [9.17, 15) is 18.0 Å². The van der Waals surface area contributed by atoms with Crippen LogP contribution in [0, 0.1) is 0 Å². The number of nitrogens with zero attached hydrogens (tertiary/aromatic N) is 2. The van der Waals surface area contributed by atoms with Gasteiger partial charge in [-0.25, -0.2) is 8.42 Å². The third kappa shape index (κ3) is 7.29. The summed E-state index contributed by atoms with van der Waals surface area (Å²) < 4.78 is 43.3. The molecule has 11 heteroatoms. The average Bonchev–Trinajstić information content (AvgIpc) is 3.74. The number of ether oxygens (including phenoxy) is 3. The van der Waals surface area contributed by atoms with Crippen LogP contribution in [0.25, 0.3) is 0 Å². The Hall–Kier alpha value is -4.09. The van der Waals surface area contributed by atoms with Crippen LogP contribution in [0.5, 0.6) is 17.2 Å². The van der Waals surface area contributed by atoms with Gasteiger partial charge in [-0.05, 0) is 79.3 Å². The molecule has 1 fully saturated rings. The summed E-state index contributed by atoms with van der Waals surface area (Å²) in [4.78, 5) is 28.7. The molecule has 1 saturated heterocycles. The van der Waals surface area contributed by atoms with E-state index >= 15 is 0 Å². The SMILES string of the molecule is COc1ccc(CN(C(=O)CCc2ccc(S(=O)(=O)N3CCCC3)cc2)[C@H](C)C(=O)NCc2ccc3c(c2)OCO3)cc1. The fourth-order valence-corrected chi connectivity index (χ4v) is 6.72. The Labute approximate surface area is 252 Å². The Bertz CT molecular complexity index is 1540. The van der Waals surface area contributed by atoms with Crippen LogP contribution in [0.4, 0.5) is 0 Å². The second kappa shape index (κ2) is 13.5. The molecule has 1 N–H and O–H groups in total. The molecule has 3 aromatic carbocycles. The summed E-state index contributed by atoms with van der Waals surface area (Å²) in [5.41, 5.74) is 2.56. The predicted octanol–water partition coefficient (Wildman–Crippen LogP) is 3.87. The Morgan fingerprint density at radius 1 is 0.930 bits per heavy atom. The minimum atomic E-state index is -3.50. The van der Waals surface area contributed by atoms with E-state index in [1.807, 2.05) is 36.4 Å². The summed E-state index contributed by atoms with van der Waals surface area (Å²) in [5, 5.41) is 2.94. The van der Waals surface area contributed by atoms with Gasteiger partial charge in [-0.2, -0.15) is 4.31 Å². The van der Waals surface area contributed by atoms with E-state index in [2.05, 4.69) is 5.32 Å². The fourth-order valence-electron chi connectivity index (χ4n) is 5.20. The molecule has 10 nitrogen and oxygen atoms in total. The molecule has 3 aromatic rings. The molecule has 0 unspecified atom stereocenters. The van der Waals surface area contributed by atoms with Crippen LogP contribution in [0.2, 0.25) is 0 Å². The van der Waals surface area contributed by atoms with E-state index in [1.165, 1.54) is 4.31 Å². The summed E-state index contributed by atoms with van der Waals surface area (Å²) in [5.74, 6) is 1.54. The monoisotopic (exact) mass is 607 g/mol. The van der Waals surface area contributed by atoms with Gasteiger partial charge in [0.25, 0.3) is 0 Å². The number of amides is 2. The number of rotatable bonds is 12. The van der Waals surface area contributed by atoms with E-state index in [-0.39, 0.29) is 43.0 Å². The number of carbonyl (C=O) groups is 2. The molecule has 0 bridgehead atoms. The topological polar surface area (TPSA) is 114 Å². The molecule has 0 spiro atoms. The highest BCUT2D eigenvalue weighted by molar-refractivity contribution is 7.89. The minimum Gasteiger partial charge on any atom is -0.497 e. The third-order valence-electron chi connectivity index (χ3n) is 7.84. The van der Waals surface area contributed by atoms with Crippen molar-refractivity contribution in [2.24, 2.45) is 0 Å². The molecule has 228 valence electrons. The molecule has 0 aliphatic carbocycles. The highest BCUT2D eigenvalue weighted by Gasteiger charge is 2.28. The van der Waals surface area contributed by atoms with Crippen molar-refractivity contribution in [3.63, 3.8) is 0 Å². The van der Waals surface area contributed by atoms with Gasteiger partial charge in [0, 0.05) is 32.6 Å². The summed E-state index contributed by atoms with van der Waals surface area (Å²) >= 11 is 0. The summed E-state index contributed by atoms with van der Waals surface area (Å²) in [7, 11) is -1.91. The molecule has 43 heavy (non-hydrogen) atoms. The number of hydrogen-bond donors (Lipinski definition) is 1. The van der Waals surface area contributed by atoms with Crippen LogP contribution in [-0.4, -0.2) is 62.5 Å². The van der Waals surface area contributed by atoms with Crippen LogP contribution in [0.15, 0.2) is 71.6 Å². The van der Waals surface area contributed by atoms with E-state index in [1.54, 1.807) is 49.3 Å². The molecular weight excluding hydrogens is 570 g/mol. The number of nitrogens with one attached hydrogen (secondary N) is 1. The first-order chi connectivity index (χ1) is 20.7. The maximum Gasteiger partial charge on any atom is 0.243 e. The Morgan fingerprint density at radius 2 is 1.58 bits per heavy atom. The maximum atomic E-state index is 13.6. The van der Waals surface area contributed by atoms with Crippen molar-refractivity contribution in [3.05, 3.63) is 83.4 Å². The van der Waals surface area contributed by atoms with Crippen molar-refractivity contribution in [2.45, 2.75) is 56.6 Å². The van der Waals surface area contributed by atoms with Gasteiger partial charge in [0.1, 0.15) is 11.8 Å². The van der Waals surface area contributed by atoms with Gasteiger partial charge in [-0.1, -0.05) is 30.3 Å². The van der Waals surface area contributed by atoms with E-state index in [0.29, 0.717) is 36.8 Å². The summed E-state index contributed by atoms with van der Waals surface area (Å²) in [6, 6.07) is 18.9. The van der Waals surface area contributed by atoms with Gasteiger partial charge in [-0.3, -0.25) is 9.59 Å². The molecule has 2 heterocycles. The number of carbonyl (C=O) groups excluding carboxylic acids is 2. The molecule has 1 atom stereocenters. The first-order valence-corrected chi connectivity index (χ1v) is 15.9. The van der Waals surface area contributed by atoms with Crippen molar-refractivity contribution in [1.82, 2.24) is 14.5 Å². The van der Waals surface area contributed by atoms with E-state index in [0.717, 1.165) is 29.5 Å². The molecule has 0 radical (unpaired) electrons. The van der Waals surface area contributed by atoms with Crippen molar-refractivity contribution in [2.75, 3.05) is 27.0 Å². The standard InChI is InChI=1S/C32H37N3O7S/c1-23(32(37)33-20-26-9-15-29-30(19-26)42-22-41-29)35(21-25-5-11-27(40-2)12-6-25)31(36)16-10-24-7-13-28(14-8-24)43(38,39)34-17-3-4-18-34/h5-9,11-15,19,23H,3-4,10,16-18,20-22H2,1-2H3,(H,33,37)/t23-/m1/s1. The van der Waals surface area contributed by atoms with Crippen LogP contribution in [-0.2, 0) is 39.1 Å². The van der Waals surface area contributed by atoms with Gasteiger partial charge in [0.05, 0.1) is 12.0 Å². The first-order valence-electron chi connectivity index (χ1n) is 14.4. The average molecular weight is 608 g/mol. The zero-order chi connectivity index (χ0) is 30.4. The zero-order valence-corrected chi connectivity index (χ0v) is 25.3. The van der Waals surface area contributed by atoms with Crippen molar-refractivity contribution in [3.8, 4) is 17.2 Å². The normalized spacial score (nSPS) is 15.2. The maximum absolute atomic E-state index is 13.6. The lowest BCUT2D eigenvalue weighted by molar-refractivity contribution is -0.140. The van der Waals surface area contributed by atoms with Gasteiger partial charge in [-0.15, -0.1) is 0 Å². The quantitative estimate of drug-likeness (QED) is 0.333. The summed E-state index contributed by atoms with van der Waals surface area (Å²) in [6.45, 7) is 3.50. The van der Waals surface area contributed by atoms with Crippen LogP contribution < -0.4 is 19.5 Å². The number of fused-ring (bicyclic) bond motifs is 1. The van der Waals surface area contributed by atoms with Crippen molar-refractivity contribution in [1.29, 1.82) is 0 Å². The minimum absolute atomic E-state index is 0.161. The summed E-state index contributed by atoms with van der Waals surface area (Å²) in [6.07, 6.45) is 2.32. The smallest absolute Gasteiger partial charge is 0.243 e. The number of hydrogen-bond acceptors (Lipinski definition) is 7. The largest absolute Gasteiger partial charge is 0.497 e. The molecule has 2 aliphatic rings. The lowest BCUT2D eigenvalue weighted by Crippen LogP contribution is -2.47. The third-order valence-corrected chi connectivity index (χ3v) is 9.75. The van der Waals surface area contributed by atoms with Crippen molar-refractivity contribution >= 4 is 21.8 Å². The first kappa shape index (κ1) is 30.4. The van der Waals surface area contributed by atoms with E-state index < -0.39 is 16.1 Å². The van der Waals surface area contributed by atoms with Crippen LogP contribution in [0.1, 0.15) is 42.9 Å². The second-order valence-electron chi connectivity index (χ2n) is 10.7. The van der Waals surface area contributed by atoms with Gasteiger partial charge < -0.3 is 24.4 Å².